The van der Waals surface area contributed by atoms with E-state index in [9.17, 15) is 14.9 Å². The van der Waals surface area contributed by atoms with Gasteiger partial charge in [-0.05, 0) is 24.3 Å². The van der Waals surface area contributed by atoms with Gasteiger partial charge in [-0.15, -0.1) is 10.2 Å². The summed E-state index contributed by atoms with van der Waals surface area (Å²) in [6, 6.07) is 8.29. The predicted octanol–water partition coefficient (Wildman–Crippen LogP) is 3.84. The molecule has 0 bridgehead atoms. The van der Waals surface area contributed by atoms with Gasteiger partial charge in [-0.2, -0.15) is 10.4 Å². The number of nitriles is 1. The molecule has 4 N–H and O–H groups in total. The van der Waals surface area contributed by atoms with Crippen LogP contribution in [-0.4, -0.2) is 27.4 Å². The van der Waals surface area contributed by atoms with Crippen molar-refractivity contribution < 1.29 is 14.3 Å². The van der Waals surface area contributed by atoms with Gasteiger partial charge in [0.25, 0.3) is 0 Å². The second-order valence-electron chi connectivity index (χ2n) is 6.72. The van der Waals surface area contributed by atoms with Crippen molar-refractivity contribution in [1.82, 2.24) is 9.78 Å². The van der Waals surface area contributed by atoms with Gasteiger partial charge in [0.15, 0.2) is 23.1 Å². The number of fused-ring (bicyclic) bond motifs is 3. The number of esters is 1. The summed E-state index contributed by atoms with van der Waals surface area (Å²) in [7, 11) is 0. The Morgan fingerprint density at radius 1 is 1.18 bits per heavy atom. The summed E-state index contributed by atoms with van der Waals surface area (Å²) < 4.78 is 6.04. The van der Waals surface area contributed by atoms with Gasteiger partial charge in [-0.25, -0.2) is 9.67 Å². The van der Waals surface area contributed by atoms with E-state index in [1.165, 1.54) is 0 Å². The van der Waals surface area contributed by atoms with Crippen molar-refractivity contribution in [2.75, 3.05) is 5.73 Å². The summed E-state index contributed by atoms with van der Waals surface area (Å²) in [5.41, 5.74) is 9.89. The van der Waals surface area contributed by atoms with Gasteiger partial charge in [0.1, 0.15) is 22.0 Å². The second-order valence-corrected chi connectivity index (χ2v) is 7.91. The van der Waals surface area contributed by atoms with Gasteiger partial charge < -0.3 is 16.2 Å². The van der Waals surface area contributed by atoms with Crippen LogP contribution in [0.3, 0.4) is 0 Å². The number of anilines is 1. The smallest absolute Gasteiger partial charge is 0.308 e. The standard InChI is InChI=1S/C19H11Cl3N8O3/c1-7(31)33-14-10-16(24)26-18-13(28-27-9-4-2-8(20)3-5-9)17(25)29-30(18)19(10,6-23)15(32)12(22)11(14)21/h2-5H,1H3,(H2,24,26)(H2,25,29). The lowest BCUT2D eigenvalue weighted by Gasteiger charge is -2.35. The maximum atomic E-state index is 13.2. The Morgan fingerprint density at radius 3 is 2.45 bits per heavy atom. The third kappa shape index (κ3) is 3.36. The molecule has 166 valence electrons. The molecule has 2 aromatic rings. The Hall–Kier alpha value is -3.72. The van der Waals surface area contributed by atoms with E-state index in [1.807, 2.05) is 6.07 Å². The highest BCUT2D eigenvalue weighted by Gasteiger charge is 2.57. The number of azo groups is 1. The molecule has 0 radical (unpaired) electrons. The first kappa shape index (κ1) is 22.5. The highest BCUT2D eigenvalue weighted by Crippen LogP contribution is 2.50. The van der Waals surface area contributed by atoms with Gasteiger partial charge in [0, 0.05) is 11.9 Å². The Balaban J connectivity index is 1.97. The van der Waals surface area contributed by atoms with Gasteiger partial charge in [0.05, 0.1) is 11.3 Å². The number of nitrogens with two attached hydrogens (primary N) is 2. The molecular weight excluding hydrogens is 495 g/mol. The van der Waals surface area contributed by atoms with Crippen LogP contribution in [0.4, 0.5) is 23.0 Å². The quantitative estimate of drug-likeness (QED) is 0.470. The normalized spacial score (nSPS) is 19.8. The van der Waals surface area contributed by atoms with Crippen LogP contribution >= 0.6 is 34.8 Å². The van der Waals surface area contributed by atoms with Crippen molar-refractivity contribution in [2.24, 2.45) is 21.0 Å². The molecule has 1 unspecified atom stereocenters. The number of hydrogen-bond donors (Lipinski definition) is 2. The molecule has 0 amide bonds. The van der Waals surface area contributed by atoms with Crippen molar-refractivity contribution in [1.29, 1.82) is 5.26 Å². The summed E-state index contributed by atoms with van der Waals surface area (Å²) >= 11 is 18.1. The van der Waals surface area contributed by atoms with E-state index in [4.69, 9.17) is 51.0 Å². The Bertz CT molecular complexity index is 1400. The summed E-state index contributed by atoms with van der Waals surface area (Å²) in [6.45, 7) is 1.10. The molecule has 0 spiro atoms. The average Bonchev–Trinajstić information content (AvgIpc) is 3.09. The number of carbonyl (C=O) groups excluding carboxylic acids is 2. The lowest BCUT2D eigenvalue weighted by molar-refractivity contribution is -0.137. The highest BCUT2D eigenvalue weighted by molar-refractivity contribution is 6.52. The molecule has 11 nitrogen and oxygen atoms in total. The molecule has 1 aromatic carbocycles. The lowest BCUT2D eigenvalue weighted by atomic mass is 9.80. The van der Waals surface area contributed by atoms with Crippen LogP contribution in [0.5, 0.6) is 0 Å². The Kier molecular flexibility index (Phi) is 5.45. The number of aliphatic imine (C=N–C) groups is 1. The van der Waals surface area contributed by atoms with Gasteiger partial charge in [0.2, 0.25) is 11.3 Å². The first-order valence-corrected chi connectivity index (χ1v) is 10.1. The van der Waals surface area contributed by atoms with Crippen LogP contribution in [0.15, 0.2) is 60.9 Å². The molecular formula is C19H11Cl3N8O3. The zero-order chi connectivity index (χ0) is 24.1. The largest absolute Gasteiger partial charge is 0.424 e. The number of halogens is 3. The monoisotopic (exact) mass is 504 g/mol. The number of nitrogen functional groups attached to an aromatic ring is 1. The van der Waals surface area contributed by atoms with Crippen LogP contribution in [0.1, 0.15) is 6.92 Å². The molecule has 1 aliphatic heterocycles. The van der Waals surface area contributed by atoms with Crippen LogP contribution in [0.25, 0.3) is 0 Å². The molecule has 2 heterocycles. The van der Waals surface area contributed by atoms with Crippen molar-refractivity contribution in [3.8, 4) is 6.07 Å². The van der Waals surface area contributed by atoms with Crippen molar-refractivity contribution in [3.05, 3.63) is 50.7 Å². The predicted molar refractivity (Wildman–Crippen MR) is 120 cm³/mol. The number of ether oxygens (including phenoxy) is 1. The molecule has 14 heteroatoms. The fraction of sp³-hybridized carbons (Fsp3) is 0.105. The van der Waals surface area contributed by atoms with Crippen LogP contribution in [-0.2, 0) is 19.9 Å². The topological polar surface area (TPSA) is 174 Å². The molecule has 1 aromatic heterocycles. The minimum atomic E-state index is -2.30. The second kappa shape index (κ2) is 8.00. The number of rotatable bonds is 3. The summed E-state index contributed by atoms with van der Waals surface area (Å²) in [4.78, 5) is 29.1. The van der Waals surface area contributed by atoms with E-state index < -0.39 is 27.4 Å². The van der Waals surface area contributed by atoms with E-state index in [0.29, 0.717) is 10.7 Å². The number of hydrogen-bond acceptors (Lipinski definition) is 10. The van der Waals surface area contributed by atoms with Crippen molar-refractivity contribution in [3.63, 3.8) is 0 Å². The summed E-state index contributed by atoms with van der Waals surface area (Å²) in [5, 5.41) is 21.9. The van der Waals surface area contributed by atoms with Crippen LogP contribution < -0.4 is 11.5 Å². The lowest BCUT2D eigenvalue weighted by Crippen LogP contribution is -2.51. The molecule has 1 aliphatic carbocycles. The van der Waals surface area contributed by atoms with Gasteiger partial charge in [-0.3, -0.25) is 9.59 Å². The van der Waals surface area contributed by atoms with E-state index >= 15 is 0 Å². The van der Waals surface area contributed by atoms with E-state index in [0.717, 1.165) is 11.6 Å². The summed E-state index contributed by atoms with van der Waals surface area (Å²) in [6.07, 6.45) is 0. The number of amidine groups is 1. The molecule has 1 atom stereocenters. The molecule has 33 heavy (non-hydrogen) atoms. The molecule has 0 fully saturated rings. The maximum Gasteiger partial charge on any atom is 0.308 e. The van der Waals surface area contributed by atoms with Crippen molar-refractivity contribution in [2.45, 2.75) is 12.5 Å². The average molecular weight is 506 g/mol. The number of ketones is 1. The molecule has 0 saturated heterocycles. The number of nitrogens with zero attached hydrogens (tertiary/aromatic N) is 6. The van der Waals surface area contributed by atoms with E-state index in [-0.39, 0.29) is 34.5 Å². The third-order valence-electron chi connectivity index (χ3n) is 4.67. The SMILES string of the molecule is CC(=O)OC1=C2C(N)=Nc3c(N=Nc4ccc(Cl)cc4)c(N)nn3C2(C#N)C(=O)C(Cl)=C1Cl. The molecule has 4 rings (SSSR count). The van der Waals surface area contributed by atoms with E-state index in [2.05, 4.69) is 20.3 Å². The Morgan fingerprint density at radius 2 is 1.85 bits per heavy atom. The highest BCUT2D eigenvalue weighted by atomic mass is 35.5. The molecule has 2 aliphatic rings. The van der Waals surface area contributed by atoms with Crippen molar-refractivity contribution >= 4 is 75.4 Å². The number of carbonyl (C=O) groups is 2. The fourth-order valence-electron chi connectivity index (χ4n) is 3.28. The number of benzene rings is 1. The third-order valence-corrected chi connectivity index (χ3v) is 5.74. The number of aromatic nitrogens is 2. The zero-order valence-electron chi connectivity index (χ0n) is 16.5. The maximum absolute atomic E-state index is 13.2. The summed E-state index contributed by atoms with van der Waals surface area (Å²) in [5.74, 6) is -2.83. The first-order chi connectivity index (χ1) is 15.6. The van der Waals surface area contributed by atoms with Gasteiger partial charge >= 0.3 is 5.97 Å². The minimum absolute atomic E-state index is 0.0554. The zero-order valence-corrected chi connectivity index (χ0v) is 18.8. The van der Waals surface area contributed by atoms with E-state index in [1.54, 1.807) is 24.3 Å². The minimum Gasteiger partial charge on any atom is -0.424 e. The fourth-order valence-corrected chi connectivity index (χ4v) is 3.84. The molecule has 0 saturated carbocycles. The van der Waals surface area contributed by atoms with Crippen LogP contribution in [0.2, 0.25) is 5.02 Å². The number of allylic oxidation sites excluding steroid dienone is 2. The van der Waals surface area contributed by atoms with Gasteiger partial charge in [-0.1, -0.05) is 34.8 Å². The number of Topliss-reactive ketones (excluding diaryl/α,β-unsaturated/α-hetero) is 1. The van der Waals surface area contributed by atoms with Crippen LogP contribution in [0, 0.1) is 11.3 Å². The first-order valence-electron chi connectivity index (χ1n) is 8.97. The Labute approximate surface area is 200 Å².